The van der Waals surface area contributed by atoms with Crippen molar-refractivity contribution in [3.8, 4) is 5.75 Å². The van der Waals surface area contributed by atoms with Gasteiger partial charge in [-0.25, -0.2) is 0 Å². The van der Waals surface area contributed by atoms with Crippen LogP contribution in [0, 0.1) is 5.92 Å². The van der Waals surface area contributed by atoms with Gasteiger partial charge in [-0.2, -0.15) is 0 Å². The molecule has 5 nitrogen and oxygen atoms in total. The fourth-order valence-corrected chi connectivity index (χ4v) is 2.78. The van der Waals surface area contributed by atoms with E-state index >= 15 is 0 Å². The second kappa shape index (κ2) is 12.4. The van der Waals surface area contributed by atoms with E-state index in [0.29, 0.717) is 12.6 Å². The lowest BCUT2D eigenvalue weighted by atomic mass is 10.2. The number of hydrogen-bond donors (Lipinski definition) is 2. The number of rotatable bonds is 10. The van der Waals surface area contributed by atoms with Crippen LogP contribution >= 0.6 is 24.0 Å². The van der Waals surface area contributed by atoms with Gasteiger partial charge in [-0.3, -0.25) is 9.89 Å². The number of likely N-dealkylation sites (N-methyl/N-ethyl adjacent to an activating group) is 1. The van der Waals surface area contributed by atoms with Gasteiger partial charge in [0.1, 0.15) is 5.75 Å². The molecule has 1 aliphatic rings. The Morgan fingerprint density at radius 1 is 1.27 bits per heavy atom. The highest BCUT2D eigenvalue weighted by atomic mass is 127. The molecule has 0 heterocycles. The number of nitrogens with zero attached hydrogens (tertiary/aromatic N) is 2. The van der Waals surface area contributed by atoms with Crippen LogP contribution in [0.5, 0.6) is 5.75 Å². The number of ether oxygens (including phenoxy) is 1. The summed E-state index contributed by atoms with van der Waals surface area (Å²) >= 11 is 0. The smallest absolute Gasteiger partial charge is 0.191 e. The molecule has 0 bridgehead atoms. The third-order valence-corrected chi connectivity index (χ3v) is 4.64. The molecule has 0 radical (unpaired) electrons. The normalized spacial score (nSPS) is 14.3. The highest BCUT2D eigenvalue weighted by Crippen LogP contribution is 2.30. The predicted molar refractivity (Wildman–Crippen MR) is 121 cm³/mol. The number of nitrogens with one attached hydrogen (secondary N) is 2. The van der Waals surface area contributed by atoms with E-state index in [2.05, 4.69) is 59.5 Å². The van der Waals surface area contributed by atoms with Crippen molar-refractivity contribution in [2.24, 2.45) is 10.9 Å². The monoisotopic (exact) mass is 474 g/mol. The highest BCUT2D eigenvalue weighted by Gasteiger charge is 2.22. The van der Waals surface area contributed by atoms with Crippen LogP contribution in [-0.2, 0) is 6.54 Å². The van der Waals surface area contributed by atoms with Crippen molar-refractivity contribution in [2.45, 2.75) is 46.2 Å². The molecule has 2 rings (SSSR count). The zero-order chi connectivity index (χ0) is 18.1. The molecule has 0 amide bonds. The van der Waals surface area contributed by atoms with Gasteiger partial charge in [-0.1, -0.05) is 25.1 Å². The first-order chi connectivity index (χ1) is 12.1. The first kappa shape index (κ1) is 23.0. The van der Waals surface area contributed by atoms with Crippen LogP contribution < -0.4 is 15.4 Å². The van der Waals surface area contributed by atoms with Crippen LogP contribution in [0.15, 0.2) is 29.3 Å². The topological polar surface area (TPSA) is 48.9 Å². The minimum atomic E-state index is 0. The number of hydrogen-bond acceptors (Lipinski definition) is 3. The van der Waals surface area contributed by atoms with Crippen LogP contribution in [-0.4, -0.2) is 50.2 Å². The number of para-hydroxylation sites is 1. The summed E-state index contributed by atoms with van der Waals surface area (Å²) in [6.07, 6.45) is 2.62. The molecule has 0 unspecified atom stereocenters. The van der Waals surface area contributed by atoms with E-state index in [1.165, 1.54) is 18.4 Å². The molecular formula is C20H35IN4O. The molecule has 2 N–H and O–H groups in total. The number of aliphatic imine (C=N–C) groups is 1. The van der Waals surface area contributed by atoms with Crippen LogP contribution in [0.25, 0.3) is 0 Å². The maximum Gasteiger partial charge on any atom is 0.191 e. The Balaban J connectivity index is 0.00000338. The van der Waals surface area contributed by atoms with E-state index in [1.54, 1.807) is 0 Å². The second-order valence-electron chi connectivity index (χ2n) is 6.94. The Hall–Kier alpha value is -1.02. The average molecular weight is 474 g/mol. The molecule has 1 saturated carbocycles. The van der Waals surface area contributed by atoms with Crippen molar-refractivity contribution in [3.05, 3.63) is 29.8 Å². The van der Waals surface area contributed by atoms with E-state index in [0.717, 1.165) is 43.9 Å². The lowest BCUT2D eigenvalue weighted by molar-refractivity contribution is 0.237. The third kappa shape index (κ3) is 8.12. The molecule has 0 aromatic heterocycles. The van der Waals surface area contributed by atoms with Gasteiger partial charge in [0.2, 0.25) is 0 Å². The lowest BCUT2D eigenvalue weighted by Gasteiger charge is -2.25. The maximum absolute atomic E-state index is 5.97. The van der Waals surface area contributed by atoms with E-state index < -0.39 is 0 Å². The minimum absolute atomic E-state index is 0. The van der Waals surface area contributed by atoms with Crippen LogP contribution in [0.2, 0.25) is 0 Å². The molecule has 0 atom stereocenters. The number of halogens is 1. The zero-order valence-electron chi connectivity index (χ0n) is 16.6. The summed E-state index contributed by atoms with van der Waals surface area (Å²) in [6.45, 7) is 11.2. The van der Waals surface area contributed by atoms with Gasteiger partial charge in [0.15, 0.2) is 5.96 Å². The molecule has 0 saturated heterocycles. The lowest BCUT2D eigenvalue weighted by Crippen LogP contribution is -2.42. The summed E-state index contributed by atoms with van der Waals surface area (Å²) in [4.78, 5) is 6.75. The molecule has 1 aromatic rings. The van der Waals surface area contributed by atoms with Gasteiger partial charge in [0.25, 0.3) is 0 Å². The molecule has 6 heteroatoms. The summed E-state index contributed by atoms with van der Waals surface area (Å²) in [7, 11) is 1.81. The van der Waals surface area contributed by atoms with Crippen LogP contribution in [0.1, 0.15) is 39.2 Å². The van der Waals surface area contributed by atoms with Crippen LogP contribution in [0.3, 0.4) is 0 Å². The van der Waals surface area contributed by atoms with Gasteiger partial charge in [-0.05, 0) is 45.2 Å². The van der Waals surface area contributed by atoms with E-state index in [-0.39, 0.29) is 24.0 Å². The zero-order valence-corrected chi connectivity index (χ0v) is 19.0. The van der Waals surface area contributed by atoms with Gasteiger partial charge >= 0.3 is 0 Å². The Morgan fingerprint density at radius 3 is 2.62 bits per heavy atom. The Kier molecular flexibility index (Phi) is 11.0. The van der Waals surface area contributed by atoms with E-state index in [9.17, 15) is 0 Å². The quantitative estimate of drug-likeness (QED) is 0.310. The maximum atomic E-state index is 5.97. The number of guanidine groups is 1. The summed E-state index contributed by atoms with van der Waals surface area (Å²) in [5, 5.41) is 6.79. The molecule has 0 aliphatic heterocycles. The van der Waals surface area contributed by atoms with Crippen LogP contribution in [0.4, 0.5) is 0 Å². The van der Waals surface area contributed by atoms with E-state index in [1.807, 2.05) is 13.1 Å². The van der Waals surface area contributed by atoms with Crippen molar-refractivity contribution in [2.75, 3.05) is 33.3 Å². The summed E-state index contributed by atoms with van der Waals surface area (Å²) in [5.74, 6) is 2.57. The van der Waals surface area contributed by atoms with E-state index in [4.69, 9.17) is 4.74 Å². The largest absolute Gasteiger partial charge is 0.493 e. The van der Waals surface area contributed by atoms with Gasteiger partial charge in [-0.15, -0.1) is 24.0 Å². The van der Waals surface area contributed by atoms with Crippen molar-refractivity contribution >= 4 is 29.9 Å². The predicted octanol–water partition coefficient (Wildman–Crippen LogP) is 3.49. The molecule has 0 spiro atoms. The van der Waals surface area contributed by atoms with Crippen molar-refractivity contribution in [3.63, 3.8) is 0 Å². The van der Waals surface area contributed by atoms with Crippen molar-refractivity contribution < 1.29 is 4.74 Å². The molecular weight excluding hydrogens is 439 g/mol. The summed E-state index contributed by atoms with van der Waals surface area (Å²) in [6, 6.07) is 8.82. The molecule has 26 heavy (non-hydrogen) atoms. The van der Waals surface area contributed by atoms with Gasteiger partial charge in [0.05, 0.1) is 6.61 Å². The Labute approximate surface area is 176 Å². The second-order valence-corrected chi connectivity index (χ2v) is 6.94. The van der Waals surface area contributed by atoms with Gasteiger partial charge < -0.3 is 15.4 Å². The Morgan fingerprint density at radius 2 is 2.00 bits per heavy atom. The molecule has 148 valence electrons. The first-order valence-corrected chi connectivity index (χ1v) is 9.53. The standard InChI is InChI=1S/C20H34N4O.HI/c1-5-24(16(2)3)13-12-22-20(21-4)23-14-18-8-6-7-9-19(18)25-15-17-10-11-17;/h6-9,16-17H,5,10-15H2,1-4H3,(H2,21,22,23);1H. The average Bonchev–Trinajstić information content (AvgIpc) is 3.44. The number of benzene rings is 1. The fourth-order valence-electron chi connectivity index (χ4n) is 2.78. The minimum Gasteiger partial charge on any atom is -0.493 e. The van der Waals surface area contributed by atoms with Gasteiger partial charge in [0, 0.05) is 38.3 Å². The van der Waals surface area contributed by atoms with Crippen molar-refractivity contribution in [1.82, 2.24) is 15.5 Å². The fraction of sp³-hybridized carbons (Fsp3) is 0.650. The first-order valence-electron chi connectivity index (χ1n) is 9.53. The summed E-state index contributed by atoms with van der Waals surface area (Å²) < 4.78 is 5.97. The summed E-state index contributed by atoms with van der Waals surface area (Å²) in [5.41, 5.74) is 1.17. The van der Waals surface area contributed by atoms with Crippen molar-refractivity contribution in [1.29, 1.82) is 0 Å². The SMILES string of the molecule is CCN(CCNC(=NC)NCc1ccccc1OCC1CC1)C(C)C.I. The third-order valence-electron chi connectivity index (χ3n) is 4.64. The molecule has 1 aromatic carbocycles. The Bertz CT molecular complexity index is 546. The highest BCUT2D eigenvalue weighted by molar-refractivity contribution is 14.0. The molecule has 1 aliphatic carbocycles. The molecule has 1 fully saturated rings.